The first-order chi connectivity index (χ1) is 11.6. The van der Waals surface area contributed by atoms with Gasteiger partial charge in [0.2, 0.25) is 5.75 Å². The summed E-state index contributed by atoms with van der Waals surface area (Å²) < 4.78 is 20.7. The lowest BCUT2D eigenvalue weighted by atomic mass is 10.1. The fourth-order valence-corrected chi connectivity index (χ4v) is 2.18. The molecule has 0 aromatic heterocycles. The van der Waals surface area contributed by atoms with Crippen molar-refractivity contribution in [3.05, 3.63) is 53.6 Å². The maximum atomic E-state index is 12.3. The molecule has 0 unspecified atom stereocenters. The van der Waals surface area contributed by atoms with Crippen LogP contribution in [0.5, 0.6) is 17.2 Å². The van der Waals surface area contributed by atoms with Crippen molar-refractivity contribution in [2.45, 2.75) is 0 Å². The average Bonchev–Trinajstić information content (AvgIpc) is 2.64. The van der Waals surface area contributed by atoms with Crippen LogP contribution in [0.1, 0.15) is 20.7 Å². The molecular weight excluding hydrogens is 312 g/mol. The molecular formula is C18H18O6. The Labute approximate surface area is 139 Å². The largest absolute Gasteiger partial charge is 0.493 e. The van der Waals surface area contributed by atoms with Crippen molar-refractivity contribution < 1.29 is 28.5 Å². The fourth-order valence-electron chi connectivity index (χ4n) is 2.18. The summed E-state index contributed by atoms with van der Waals surface area (Å²) in [5.74, 6) is -0.0791. The molecule has 0 saturated heterocycles. The number of hydrogen-bond donors (Lipinski definition) is 0. The Morgan fingerprint density at radius 2 is 1.50 bits per heavy atom. The minimum atomic E-state index is -0.683. The molecule has 0 aliphatic rings. The first-order valence-electron chi connectivity index (χ1n) is 7.16. The maximum absolute atomic E-state index is 12.3. The van der Waals surface area contributed by atoms with Gasteiger partial charge in [-0.2, -0.15) is 0 Å². The number of ketones is 1. The van der Waals surface area contributed by atoms with Crippen molar-refractivity contribution in [3.63, 3.8) is 0 Å². The molecule has 0 atom stereocenters. The molecule has 24 heavy (non-hydrogen) atoms. The summed E-state index contributed by atoms with van der Waals surface area (Å²) in [5.41, 5.74) is 0.626. The van der Waals surface area contributed by atoms with Crippen molar-refractivity contribution in [1.82, 2.24) is 0 Å². The molecule has 6 heteroatoms. The topological polar surface area (TPSA) is 71.1 Å². The third kappa shape index (κ3) is 3.65. The minimum absolute atomic E-state index is 0.149. The molecule has 0 aliphatic heterocycles. The number of Topliss-reactive ketones (excluding diaryl/α,β-unsaturated/α-hetero) is 1. The Bertz CT molecular complexity index is 724. The van der Waals surface area contributed by atoms with Crippen LogP contribution in [0.4, 0.5) is 0 Å². The number of rotatable bonds is 7. The molecule has 0 aliphatic carbocycles. The molecule has 2 aromatic rings. The van der Waals surface area contributed by atoms with Gasteiger partial charge in [0.25, 0.3) is 0 Å². The van der Waals surface area contributed by atoms with Gasteiger partial charge in [-0.1, -0.05) is 30.3 Å². The predicted molar refractivity (Wildman–Crippen MR) is 87.2 cm³/mol. The van der Waals surface area contributed by atoms with Crippen LogP contribution in [-0.4, -0.2) is 39.7 Å². The fraction of sp³-hybridized carbons (Fsp3) is 0.222. The average molecular weight is 330 g/mol. The Balaban J connectivity index is 2.16. The van der Waals surface area contributed by atoms with Gasteiger partial charge in [0.15, 0.2) is 23.9 Å². The van der Waals surface area contributed by atoms with Crippen LogP contribution in [0.15, 0.2) is 42.5 Å². The zero-order valence-electron chi connectivity index (χ0n) is 13.7. The van der Waals surface area contributed by atoms with E-state index >= 15 is 0 Å². The summed E-state index contributed by atoms with van der Waals surface area (Å²) >= 11 is 0. The number of methoxy groups -OCH3 is 3. The molecule has 0 spiro atoms. The van der Waals surface area contributed by atoms with Crippen molar-refractivity contribution in [3.8, 4) is 17.2 Å². The van der Waals surface area contributed by atoms with Crippen molar-refractivity contribution in [1.29, 1.82) is 0 Å². The number of carbonyl (C=O) groups is 2. The molecule has 126 valence electrons. The molecule has 2 rings (SSSR count). The number of carbonyl (C=O) groups excluding carboxylic acids is 2. The molecule has 0 radical (unpaired) electrons. The molecule has 0 N–H and O–H groups in total. The van der Waals surface area contributed by atoms with Gasteiger partial charge in [0, 0.05) is 5.56 Å². The second-order valence-electron chi connectivity index (χ2n) is 4.75. The number of ether oxygens (including phenoxy) is 4. The van der Waals surface area contributed by atoms with E-state index in [-0.39, 0.29) is 29.5 Å². The monoisotopic (exact) mass is 330 g/mol. The molecule has 0 fully saturated rings. The summed E-state index contributed by atoms with van der Waals surface area (Å²) in [6.07, 6.45) is 0. The van der Waals surface area contributed by atoms with Crippen LogP contribution in [0, 0.1) is 0 Å². The Morgan fingerprint density at radius 3 is 2.08 bits per heavy atom. The van der Waals surface area contributed by atoms with Crippen LogP contribution < -0.4 is 14.2 Å². The van der Waals surface area contributed by atoms with Gasteiger partial charge in [-0.3, -0.25) is 4.79 Å². The van der Waals surface area contributed by atoms with E-state index < -0.39 is 5.97 Å². The van der Waals surface area contributed by atoms with Crippen LogP contribution in [-0.2, 0) is 4.74 Å². The van der Waals surface area contributed by atoms with Gasteiger partial charge in [0.1, 0.15) is 5.56 Å². The Kier molecular flexibility index (Phi) is 5.78. The van der Waals surface area contributed by atoms with Gasteiger partial charge >= 0.3 is 5.97 Å². The summed E-state index contributed by atoms with van der Waals surface area (Å²) in [7, 11) is 4.32. The maximum Gasteiger partial charge on any atom is 0.342 e. The van der Waals surface area contributed by atoms with Crippen LogP contribution >= 0.6 is 0 Å². The van der Waals surface area contributed by atoms with E-state index in [1.165, 1.54) is 27.4 Å². The van der Waals surface area contributed by atoms with Crippen LogP contribution in [0.2, 0.25) is 0 Å². The molecule has 2 aromatic carbocycles. The second kappa shape index (κ2) is 8.01. The zero-order chi connectivity index (χ0) is 17.5. The number of benzene rings is 2. The van der Waals surface area contributed by atoms with Gasteiger partial charge in [-0.15, -0.1) is 0 Å². The van der Waals surface area contributed by atoms with E-state index in [2.05, 4.69) is 0 Å². The second-order valence-corrected chi connectivity index (χ2v) is 4.75. The van der Waals surface area contributed by atoms with E-state index in [0.29, 0.717) is 11.3 Å². The molecule has 0 saturated carbocycles. The zero-order valence-corrected chi connectivity index (χ0v) is 13.7. The lowest BCUT2D eigenvalue weighted by molar-refractivity contribution is 0.0471. The summed E-state index contributed by atoms with van der Waals surface area (Å²) in [4.78, 5) is 24.3. The molecule has 6 nitrogen and oxygen atoms in total. The third-order valence-electron chi connectivity index (χ3n) is 3.35. The van der Waals surface area contributed by atoms with Gasteiger partial charge < -0.3 is 18.9 Å². The SMILES string of the molecule is COc1ccc(C(=O)OCC(=O)c2ccccc2)c(OC)c1OC. The first-order valence-corrected chi connectivity index (χ1v) is 7.16. The number of esters is 1. The van der Waals surface area contributed by atoms with Crippen molar-refractivity contribution in [2.75, 3.05) is 27.9 Å². The van der Waals surface area contributed by atoms with E-state index in [1.807, 2.05) is 0 Å². The van der Waals surface area contributed by atoms with Crippen molar-refractivity contribution in [2.24, 2.45) is 0 Å². The smallest absolute Gasteiger partial charge is 0.342 e. The predicted octanol–water partition coefficient (Wildman–Crippen LogP) is 2.75. The highest BCUT2D eigenvalue weighted by atomic mass is 16.5. The van der Waals surface area contributed by atoms with Crippen molar-refractivity contribution >= 4 is 11.8 Å². The Morgan fingerprint density at radius 1 is 0.833 bits per heavy atom. The van der Waals surface area contributed by atoms with Crippen LogP contribution in [0.25, 0.3) is 0 Å². The standard InChI is InChI=1S/C18H18O6/c1-21-15-10-9-13(16(22-2)17(15)23-3)18(20)24-11-14(19)12-7-5-4-6-8-12/h4-10H,11H2,1-3H3. The van der Waals surface area contributed by atoms with Gasteiger partial charge in [0.05, 0.1) is 21.3 Å². The van der Waals surface area contributed by atoms with E-state index in [0.717, 1.165) is 0 Å². The van der Waals surface area contributed by atoms with Gasteiger partial charge in [-0.05, 0) is 12.1 Å². The highest BCUT2D eigenvalue weighted by molar-refractivity contribution is 6.00. The minimum Gasteiger partial charge on any atom is -0.493 e. The van der Waals surface area contributed by atoms with E-state index in [1.54, 1.807) is 36.4 Å². The van der Waals surface area contributed by atoms with Gasteiger partial charge in [-0.25, -0.2) is 4.79 Å². The highest BCUT2D eigenvalue weighted by Gasteiger charge is 2.22. The quantitative estimate of drug-likeness (QED) is 0.574. The third-order valence-corrected chi connectivity index (χ3v) is 3.35. The molecule has 0 heterocycles. The normalized spacial score (nSPS) is 9.96. The summed E-state index contributed by atoms with van der Waals surface area (Å²) in [5, 5.41) is 0. The lowest BCUT2D eigenvalue weighted by Gasteiger charge is -2.15. The first kappa shape index (κ1) is 17.3. The Hall–Kier alpha value is -3.02. The van der Waals surface area contributed by atoms with E-state index in [9.17, 15) is 9.59 Å². The summed E-state index contributed by atoms with van der Waals surface area (Å²) in [6, 6.07) is 11.7. The molecule has 0 amide bonds. The van der Waals surface area contributed by atoms with Crippen LogP contribution in [0.3, 0.4) is 0 Å². The highest BCUT2D eigenvalue weighted by Crippen LogP contribution is 2.39. The summed E-state index contributed by atoms with van der Waals surface area (Å²) in [6.45, 7) is -0.361. The molecule has 0 bridgehead atoms. The lowest BCUT2D eigenvalue weighted by Crippen LogP contribution is -2.15. The number of hydrogen-bond acceptors (Lipinski definition) is 6. The van der Waals surface area contributed by atoms with E-state index in [4.69, 9.17) is 18.9 Å².